The van der Waals surface area contributed by atoms with E-state index in [-0.39, 0.29) is 0 Å². The Morgan fingerprint density at radius 2 is 1.19 bits per heavy atom. The minimum atomic E-state index is 0.718. The molecule has 3 heterocycles. The monoisotopic (exact) mass is 630 g/mol. The number of thiophene rings is 1. The average Bonchev–Trinajstić information content (AvgIpc) is 3.73. The van der Waals surface area contributed by atoms with Crippen LogP contribution in [0.15, 0.2) is 162 Å². The van der Waals surface area contributed by atoms with Crippen molar-refractivity contribution in [3.05, 3.63) is 158 Å². The molecule has 224 valence electrons. The summed E-state index contributed by atoms with van der Waals surface area (Å²) in [5.41, 5.74) is 10.4. The second-order valence-electron chi connectivity index (χ2n) is 12.2. The van der Waals surface area contributed by atoms with Gasteiger partial charge in [0.1, 0.15) is 11.2 Å². The van der Waals surface area contributed by atoms with E-state index >= 15 is 0 Å². The van der Waals surface area contributed by atoms with Gasteiger partial charge in [0, 0.05) is 32.0 Å². The zero-order valence-electron chi connectivity index (χ0n) is 25.7. The first-order chi connectivity index (χ1) is 23.8. The summed E-state index contributed by atoms with van der Waals surface area (Å²) in [5, 5.41) is 5.65. The number of hydrogen-bond donors (Lipinski definition) is 0. The predicted octanol–water partition coefficient (Wildman–Crippen LogP) is 12.6. The van der Waals surface area contributed by atoms with Gasteiger partial charge in [-0.25, -0.2) is 9.97 Å². The van der Waals surface area contributed by atoms with Crippen molar-refractivity contribution >= 4 is 64.4 Å². The van der Waals surface area contributed by atoms with Crippen LogP contribution >= 0.6 is 11.3 Å². The van der Waals surface area contributed by atoms with Crippen LogP contribution in [0.2, 0.25) is 0 Å². The highest BCUT2D eigenvalue weighted by Gasteiger charge is 2.21. The van der Waals surface area contributed by atoms with Crippen molar-refractivity contribution in [2.45, 2.75) is 0 Å². The number of benzene rings is 7. The standard InChI is InChI=1S/C44H26N2OS/c1-2-10-27(11-3-1)30-14-8-15-31(24-30)32-22-23-37-36(26-32)40-35(17-9-18-38(40)47-37)42-43-41(34-16-6-7-19-39(34)48-43)45-44(46-42)33-21-20-28-12-4-5-13-29(28)25-33/h1-26H. The summed E-state index contributed by atoms with van der Waals surface area (Å²) in [6, 6.07) is 55.5. The lowest BCUT2D eigenvalue weighted by Gasteiger charge is -2.09. The van der Waals surface area contributed by atoms with Gasteiger partial charge in [0.05, 0.1) is 15.9 Å². The molecule has 0 radical (unpaired) electrons. The van der Waals surface area contributed by atoms with Gasteiger partial charge in [-0.15, -0.1) is 11.3 Å². The Kier molecular flexibility index (Phi) is 6.05. The van der Waals surface area contributed by atoms with Crippen molar-refractivity contribution in [1.82, 2.24) is 9.97 Å². The van der Waals surface area contributed by atoms with Gasteiger partial charge in [-0.3, -0.25) is 0 Å². The molecule has 10 rings (SSSR count). The van der Waals surface area contributed by atoms with E-state index in [1.807, 2.05) is 0 Å². The molecule has 0 aliphatic carbocycles. The summed E-state index contributed by atoms with van der Waals surface area (Å²) in [6.45, 7) is 0. The Labute approximate surface area is 280 Å². The van der Waals surface area contributed by atoms with Gasteiger partial charge in [0.25, 0.3) is 0 Å². The summed E-state index contributed by atoms with van der Waals surface area (Å²) in [4.78, 5) is 10.6. The first-order valence-corrected chi connectivity index (χ1v) is 16.9. The van der Waals surface area contributed by atoms with E-state index in [1.165, 1.54) is 26.6 Å². The summed E-state index contributed by atoms with van der Waals surface area (Å²) >= 11 is 1.75. The fraction of sp³-hybridized carbons (Fsp3) is 0. The van der Waals surface area contributed by atoms with Gasteiger partial charge in [0.2, 0.25) is 0 Å². The van der Waals surface area contributed by atoms with Crippen LogP contribution < -0.4 is 0 Å². The molecule has 0 aliphatic rings. The van der Waals surface area contributed by atoms with Crippen molar-refractivity contribution in [2.24, 2.45) is 0 Å². The molecule has 4 heteroatoms. The van der Waals surface area contributed by atoms with Gasteiger partial charge < -0.3 is 4.42 Å². The van der Waals surface area contributed by atoms with Crippen molar-refractivity contribution < 1.29 is 4.42 Å². The molecule has 0 saturated heterocycles. The maximum Gasteiger partial charge on any atom is 0.160 e. The quantitative estimate of drug-likeness (QED) is 0.194. The van der Waals surface area contributed by atoms with Crippen LogP contribution in [0.1, 0.15) is 0 Å². The van der Waals surface area contributed by atoms with Crippen LogP contribution in [0.25, 0.3) is 97.9 Å². The topological polar surface area (TPSA) is 38.9 Å². The number of rotatable bonds is 4. The fourth-order valence-electron chi connectivity index (χ4n) is 6.94. The first-order valence-electron chi connectivity index (χ1n) is 16.1. The first kappa shape index (κ1) is 27.1. The van der Waals surface area contributed by atoms with Crippen LogP contribution in [0.4, 0.5) is 0 Å². The maximum absolute atomic E-state index is 6.49. The minimum Gasteiger partial charge on any atom is -0.456 e. The summed E-state index contributed by atoms with van der Waals surface area (Å²) in [6.07, 6.45) is 0. The van der Waals surface area contributed by atoms with E-state index in [0.717, 1.165) is 71.3 Å². The summed E-state index contributed by atoms with van der Waals surface area (Å²) < 4.78 is 8.77. The normalized spacial score (nSPS) is 11.8. The molecule has 7 aromatic carbocycles. The maximum atomic E-state index is 6.49. The molecule has 0 spiro atoms. The molecule has 10 aromatic rings. The van der Waals surface area contributed by atoms with E-state index in [0.29, 0.717) is 0 Å². The Balaban J connectivity index is 1.22. The fourth-order valence-corrected chi connectivity index (χ4v) is 8.09. The second-order valence-corrected chi connectivity index (χ2v) is 13.2. The average molecular weight is 631 g/mol. The highest BCUT2D eigenvalue weighted by Crippen LogP contribution is 2.44. The van der Waals surface area contributed by atoms with E-state index in [1.54, 1.807) is 11.3 Å². The molecule has 0 saturated carbocycles. The molecule has 48 heavy (non-hydrogen) atoms. The van der Waals surface area contributed by atoms with Crippen molar-refractivity contribution in [3.63, 3.8) is 0 Å². The second kappa shape index (κ2) is 10.7. The van der Waals surface area contributed by atoms with E-state index in [2.05, 4.69) is 158 Å². The Bertz CT molecular complexity index is 2850. The Hall–Kier alpha value is -6.10. The van der Waals surface area contributed by atoms with Crippen LogP contribution in [0, 0.1) is 0 Å². The molecule has 0 aliphatic heterocycles. The van der Waals surface area contributed by atoms with Gasteiger partial charge >= 0.3 is 0 Å². The molecule has 3 aromatic heterocycles. The third kappa shape index (κ3) is 4.34. The molecule has 0 N–H and O–H groups in total. The SMILES string of the molecule is c1ccc(-c2cccc(-c3ccc4oc5cccc(-c6nc(-c7ccc8ccccc8c7)nc7c6sc6ccccc67)c5c4c3)c2)cc1. The highest BCUT2D eigenvalue weighted by molar-refractivity contribution is 7.26. The number of furan rings is 1. The number of hydrogen-bond acceptors (Lipinski definition) is 4. The molecule has 0 bridgehead atoms. The molecular formula is C44H26N2OS. The van der Waals surface area contributed by atoms with Crippen LogP contribution in [-0.4, -0.2) is 9.97 Å². The number of nitrogens with zero attached hydrogens (tertiary/aromatic N) is 2. The smallest absolute Gasteiger partial charge is 0.160 e. The molecular weight excluding hydrogens is 605 g/mol. The minimum absolute atomic E-state index is 0.718. The molecule has 0 atom stereocenters. The lowest BCUT2D eigenvalue weighted by atomic mass is 9.97. The highest BCUT2D eigenvalue weighted by atomic mass is 32.1. The lowest BCUT2D eigenvalue weighted by molar-refractivity contribution is 0.669. The third-order valence-electron chi connectivity index (χ3n) is 9.28. The van der Waals surface area contributed by atoms with E-state index in [9.17, 15) is 0 Å². The van der Waals surface area contributed by atoms with Gasteiger partial charge in [-0.1, -0.05) is 121 Å². The number of fused-ring (bicyclic) bond motifs is 7. The Morgan fingerprint density at radius 3 is 2.10 bits per heavy atom. The largest absolute Gasteiger partial charge is 0.456 e. The third-order valence-corrected chi connectivity index (χ3v) is 10.4. The van der Waals surface area contributed by atoms with Crippen molar-refractivity contribution in [3.8, 4) is 44.9 Å². The zero-order valence-corrected chi connectivity index (χ0v) is 26.5. The van der Waals surface area contributed by atoms with Gasteiger partial charge in [0.15, 0.2) is 5.82 Å². The van der Waals surface area contributed by atoms with Crippen LogP contribution in [-0.2, 0) is 0 Å². The van der Waals surface area contributed by atoms with E-state index in [4.69, 9.17) is 14.4 Å². The van der Waals surface area contributed by atoms with Crippen molar-refractivity contribution in [1.29, 1.82) is 0 Å². The van der Waals surface area contributed by atoms with Crippen LogP contribution in [0.3, 0.4) is 0 Å². The zero-order chi connectivity index (χ0) is 31.6. The molecule has 3 nitrogen and oxygen atoms in total. The Morgan fingerprint density at radius 1 is 0.458 bits per heavy atom. The molecule has 0 unspecified atom stereocenters. The van der Waals surface area contributed by atoms with E-state index < -0.39 is 0 Å². The molecule has 0 amide bonds. The predicted molar refractivity (Wildman–Crippen MR) is 201 cm³/mol. The van der Waals surface area contributed by atoms with Crippen LogP contribution in [0.5, 0.6) is 0 Å². The van der Waals surface area contributed by atoms with Crippen molar-refractivity contribution in [2.75, 3.05) is 0 Å². The lowest BCUT2D eigenvalue weighted by Crippen LogP contribution is -1.94. The van der Waals surface area contributed by atoms with Gasteiger partial charge in [-0.2, -0.15) is 0 Å². The molecule has 0 fully saturated rings. The summed E-state index contributed by atoms with van der Waals surface area (Å²) in [7, 11) is 0. The number of aromatic nitrogens is 2. The van der Waals surface area contributed by atoms with Gasteiger partial charge in [-0.05, 0) is 69.4 Å². The summed E-state index contributed by atoms with van der Waals surface area (Å²) in [5.74, 6) is 0.718.